The molecule has 3 atom stereocenters. The standard InChI is InChI=1S/C33H61NO4/c1-10-14-15-16-17-18-19-20-21-29(35)22-23-32(13-4)25-36-33(37-26-32)24-30(8,11-2)34(38-27(5)6)31(9,12-3)28(33)7/h28H,5,10-26H2,1-4,6-9H3. The molecule has 0 saturated carbocycles. The van der Waals surface area contributed by atoms with Gasteiger partial charge in [0.2, 0.25) is 0 Å². The van der Waals surface area contributed by atoms with Crippen molar-refractivity contribution >= 4 is 5.78 Å². The van der Waals surface area contributed by atoms with Crippen molar-refractivity contribution in [1.29, 1.82) is 0 Å². The number of piperidine rings is 1. The third kappa shape index (κ3) is 7.85. The number of nitrogens with zero attached hydrogens (tertiary/aromatic N) is 1. The Bertz CT molecular complexity index is 743. The number of hydrogen-bond acceptors (Lipinski definition) is 5. The van der Waals surface area contributed by atoms with Crippen molar-refractivity contribution in [3.8, 4) is 0 Å². The van der Waals surface area contributed by atoms with Crippen LogP contribution in [0.5, 0.6) is 0 Å². The minimum Gasteiger partial charge on any atom is -0.410 e. The van der Waals surface area contributed by atoms with Crippen LogP contribution in [-0.2, 0) is 19.1 Å². The molecular weight excluding hydrogens is 474 g/mol. The highest BCUT2D eigenvalue weighted by atomic mass is 16.7. The number of rotatable bonds is 17. The van der Waals surface area contributed by atoms with E-state index in [0.29, 0.717) is 31.2 Å². The van der Waals surface area contributed by atoms with Crippen LogP contribution in [-0.4, -0.2) is 40.9 Å². The highest BCUT2D eigenvalue weighted by molar-refractivity contribution is 5.78. The van der Waals surface area contributed by atoms with E-state index in [1.54, 1.807) is 0 Å². The first-order valence-corrected chi connectivity index (χ1v) is 15.9. The summed E-state index contributed by atoms with van der Waals surface area (Å²) >= 11 is 0. The molecule has 2 rings (SSSR count). The third-order valence-corrected chi connectivity index (χ3v) is 10.1. The number of hydroxylamine groups is 2. The van der Waals surface area contributed by atoms with E-state index in [1.165, 1.54) is 44.9 Å². The predicted octanol–water partition coefficient (Wildman–Crippen LogP) is 9.15. The van der Waals surface area contributed by atoms with Crippen molar-refractivity contribution in [3.05, 3.63) is 12.3 Å². The lowest BCUT2D eigenvalue weighted by atomic mass is 9.66. The number of carbonyl (C=O) groups is 1. The Hall–Kier alpha value is -0.910. The number of Topliss-reactive ketones (excluding diaryl/α,β-unsaturated/α-hetero) is 1. The molecule has 0 bridgehead atoms. The molecule has 0 aliphatic carbocycles. The van der Waals surface area contributed by atoms with E-state index < -0.39 is 5.79 Å². The monoisotopic (exact) mass is 535 g/mol. The van der Waals surface area contributed by atoms with E-state index in [9.17, 15) is 4.79 Å². The lowest BCUT2D eigenvalue weighted by molar-refractivity contribution is -0.404. The van der Waals surface area contributed by atoms with Crippen LogP contribution in [0.2, 0.25) is 0 Å². The third-order valence-electron chi connectivity index (χ3n) is 10.1. The van der Waals surface area contributed by atoms with Crippen molar-refractivity contribution in [3.63, 3.8) is 0 Å². The Balaban J connectivity index is 1.96. The van der Waals surface area contributed by atoms with Gasteiger partial charge in [-0.25, -0.2) is 0 Å². The van der Waals surface area contributed by atoms with Gasteiger partial charge in [0, 0.05) is 30.6 Å². The average molecular weight is 536 g/mol. The first kappa shape index (κ1) is 33.3. The molecule has 1 spiro atoms. The van der Waals surface area contributed by atoms with Gasteiger partial charge in [0.15, 0.2) is 5.79 Å². The van der Waals surface area contributed by atoms with Crippen LogP contribution < -0.4 is 0 Å². The van der Waals surface area contributed by atoms with Crippen molar-refractivity contribution in [2.24, 2.45) is 11.3 Å². The SMILES string of the molecule is C=C(C)ON1C(C)(CC)CC2(OCC(CC)(CCC(=O)CCCCCCCCCC)CO2)C(C)C1(C)CC. The highest BCUT2D eigenvalue weighted by Gasteiger charge is 2.64. The molecule has 2 aliphatic heterocycles. The Morgan fingerprint density at radius 3 is 1.97 bits per heavy atom. The Labute approximate surface area is 235 Å². The second kappa shape index (κ2) is 14.6. The summed E-state index contributed by atoms with van der Waals surface area (Å²) in [4.78, 5) is 19.0. The number of allylic oxidation sites excluding steroid dienone is 1. The van der Waals surface area contributed by atoms with Crippen molar-refractivity contribution in [1.82, 2.24) is 5.06 Å². The van der Waals surface area contributed by atoms with Crippen LogP contribution in [0.4, 0.5) is 0 Å². The summed E-state index contributed by atoms with van der Waals surface area (Å²) in [6.45, 7) is 22.9. The fourth-order valence-electron chi connectivity index (χ4n) is 6.61. The smallest absolute Gasteiger partial charge is 0.174 e. The lowest BCUT2D eigenvalue weighted by Crippen LogP contribution is -2.73. The first-order chi connectivity index (χ1) is 18.0. The summed E-state index contributed by atoms with van der Waals surface area (Å²) < 4.78 is 13.6. The lowest BCUT2D eigenvalue weighted by Gasteiger charge is -2.64. The maximum absolute atomic E-state index is 12.7. The summed E-state index contributed by atoms with van der Waals surface area (Å²) in [5.41, 5.74) is -0.592. The molecule has 2 saturated heterocycles. The van der Waals surface area contributed by atoms with E-state index in [-0.39, 0.29) is 22.4 Å². The molecule has 3 unspecified atom stereocenters. The topological polar surface area (TPSA) is 48.0 Å². The van der Waals surface area contributed by atoms with Crippen LogP contribution in [0.3, 0.4) is 0 Å². The van der Waals surface area contributed by atoms with E-state index in [0.717, 1.165) is 44.9 Å². The zero-order valence-corrected chi connectivity index (χ0v) is 26.4. The summed E-state index contributed by atoms with van der Waals surface area (Å²) in [5, 5.41) is 2.19. The van der Waals surface area contributed by atoms with Gasteiger partial charge >= 0.3 is 0 Å². The second-order valence-corrected chi connectivity index (χ2v) is 13.1. The molecule has 0 radical (unpaired) electrons. The first-order valence-electron chi connectivity index (χ1n) is 15.9. The molecule has 38 heavy (non-hydrogen) atoms. The number of carbonyl (C=O) groups excluding carboxylic acids is 1. The van der Waals surface area contributed by atoms with Gasteiger partial charge in [0.1, 0.15) is 11.5 Å². The molecule has 2 heterocycles. The predicted molar refractivity (Wildman–Crippen MR) is 158 cm³/mol. The minimum atomic E-state index is -0.649. The summed E-state index contributed by atoms with van der Waals surface area (Å²) in [6.07, 6.45) is 15.9. The van der Waals surface area contributed by atoms with Crippen molar-refractivity contribution in [2.45, 2.75) is 169 Å². The number of ketones is 1. The van der Waals surface area contributed by atoms with Gasteiger partial charge in [-0.1, -0.05) is 86.1 Å². The normalized spacial score (nSPS) is 33.9. The summed E-state index contributed by atoms with van der Waals surface area (Å²) in [6, 6.07) is 0. The van der Waals surface area contributed by atoms with Crippen LogP contribution >= 0.6 is 0 Å². The molecule has 2 fully saturated rings. The minimum absolute atomic E-state index is 0.0868. The maximum atomic E-state index is 12.7. The zero-order chi connectivity index (χ0) is 28.5. The average Bonchev–Trinajstić information content (AvgIpc) is 2.91. The molecule has 0 N–H and O–H groups in total. The van der Waals surface area contributed by atoms with Crippen LogP contribution in [0, 0.1) is 11.3 Å². The van der Waals surface area contributed by atoms with Crippen molar-refractivity contribution in [2.75, 3.05) is 13.2 Å². The quantitative estimate of drug-likeness (QED) is 0.137. The number of hydrogen-bond donors (Lipinski definition) is 0. The Morgan fingerprint density at radius 2 is 1.47 bits per heavy atom. The van der Waals surface area contributed by atoms with Crippen molar-refractivity contribution < 1.29 is 19.1 Å². The van der Waals surface area contributed by atoms with Gasteiger partial charge in [-0.05, 0) is 52.9 Å². The fraction of sp³-hybridized carbons (Fsp3) is 0.909. The molecule has 5 heteroatoms. The molecule has 0 aromatic carbocycles. The molecule has 0 aromatic heterocycles. The Kier molecular flexibility index (Phi) is 12.8. The molecule has 2 aliphatic rings. The van der Waals surface area contributed by atoms with E-state index in [2.05, 4.69) is 60.1 Å². The zero-order valence-electron chi connectivity index (χ0n) is 26.4. The summed E-state index contributed by atoms with van der Waals surface area (Å²) in [7, 11) is 0. The van der Waals surface area contributed by atoms with Gasteiger partial charge < -0.3 is 14.3 Å². The Morgan fingerprint density at radius 1 is 0.895 bits per heavy atom. The van der Waals surface area contributed by atoms with Crippen LogP contribution in [0.1, 0.15) is 152 Å². The fourth-order valence-corrected chi connectivity index (χ4v) is 6.61. The maximum Gasteiger partial charge on any atom is 0.174 e. The molecule has 0 aromatic rings. The van der Waals surface area contributed by atoms with Gasteiger partial charge in [-0.3, -0.25) is 4.79 Å². The van der Waals surface area contributed by atoms with Gasteiger partial charge in [0.05, 0.1) is 24.3 Å². The molecular formula is C33H61NO4. The van der Waals surface area contributed by atoms with Crippen LogP contribution in [0.15, 0.2) is 12.3 Å². The molecule has 0 amide bonds. The molecule has 222 valence electrons. The number of unbranched alkanes of at least 4 members (excludes halogenated alkanes) is 7. The number of ether oxygens (including phenoxy) is 2. The van der Waals surface area contributed by atoms with E-state index in [4.69, 9.17) is 14.3 Å². The van der Waals surface area contributed by atoms with Crippen LogP contribution in [0.25, 0.3) is 0 Å². The van der Waals surface area contributed by atoms with Gasteiger partial charge in [-0.15, -0.1) is 5.06 Å². The van der Waals surface area contributed by atoms with E-state index >= 15 is 0 Å². The largest absolute Gasteiger partial charge is 0.410 e. The van der Waals surface area contributed by atoms with Gasteiger partial charge in [-0.2, -0.15) is 0 Å². The van der Waals surface area contributed by atoms with Gasteiger partial charge in [0.25, 0.3) is 0 Å². The second-order valence-electron chi connectivity index (χ2n) is 13.1. The van der Waals surface area contributed by atoms with E-state index in [1.807, 2.05) is 6.92 Å². The molecule has 5 nitrogen and oxygen atoms in total. The summed E-state index contributed by atoms with van der Waals surface area (Å²) in [5.74, 6) is 0.571. The highest BCUT2D eigenvalue weighted by Crippen LogP contribution is 2.55.